The maximum absolute atomic E-state index is 13.2. The number of ether oxygens (including phenoxy) is 2. The van der Waals surface area contributed by atoms with Crippen LogP contribution in [0.4, 0.5) is 18.3 Å². The SMILES string of the molecule is O=C(CSc1ccncc1)N(CCN1CCOCC1)c1nc2ccc(OC(F)(F)F)cc2s1. The number of thiazole rings is 1. The standard InChI is InChI=1S/C21H21F3N4O3S2/c22-21(23,24)31-15-1-2-17-18(13-15)33-20(26-17)28(8-7-27-9-11-30-12-10-27)19(29)14-32-16-3-5-25-6-4-16/h1-6,13H,7-12,14H2. The lowest BCUT2D eigenvalue weighted by Gasteiger charge is -2.29. The van der Waals surface area contributed by atoms with Crippen LogP contribution in [0.25, 0.3) is 10.2 Å². The molecule has 1 saturated heterocycles. The number of aromatic nitrogens is 2. The summed E-state index contributed by atoms with van der Waals surface area (Å²) in [7, 11) is 0. The Labute approximate surface area is 196 Å². The lowest BCUT2D eigenvalue weighted by Crippen LogP contribution is -2.43. The number of anilines is 1. The van der Waals surface area contributed by atoms with Gasteiger partial charge < -0.3 is 9.47 Å². The van der Waals surface area contributed by atoms with Crippen molar-refractivity contribution in [2.75, 3.05) is 50.0 Å². The minimum absolute atomic E-state index is 0.129. The first-order chi connectivity index (χ1) is 15.9. The predicted molar refractivity (Wildman–Crippen MR) is 121 cm³/mol. The number of carbonyl (C=O) groups is 1. The number of nitrogens with zero attached hydrogens (tertiary/aromatic N) is 4. The number of hydrogen-bond donors (Lipinski definition) is 0. The van der Waals surface area contributed by atoms with Gasteiger partial charge in [-0.1, -0.05) is 11.3 Å². The molecule has 1 aromatic carbocycles. The number of rotatable bonds is 8. The van der Waals surface area contributed by atoms with Crippen molar-refractivity contribution in [2.45, 2.75) is 11.3 Å². The van der Waals surface area contributed by atoms with E-state index in [9.17, 15) is 18.0 Å². The summed E-state index contributed by atoms with van der Waals surface area (Å²) in [5, 5.41) is 0.447. The van der Waals surface area contributed by atoms with Gasteiger partial charge in [-0.3, -0.25) is 19.6 Å². The molecule has 7 nitrogen and oxygen atoms in total. The molecule has 0 bridgehead atoms. The smallest absolute Gasteiger partial charge is 0.406 e. The van der Waals surface area contributed by atoms with Gasteiger partial charge in [0.1, 0.15) is 5.75 Å². The van der Waals surface area contributed by atoms with E-state index in [-0.39, 0.29) is 17.4 Å². The quantitative estimate of drug-likeness (QED) is 0.434. The number of fused-ring (bicyclic) bond motifs is 1. The van der Waals surface area contributed by atoms with Gasteiger partial charge in [-0.15, -0.1) is 24.9 Å². The summed E-state index contributed by atoms with van der Waals surface area (Å²) in [6.07, 6.45) is -1.44. The highest BCUT2D eigenvalue weighted by Gasteiger charge is 2.31. The summed E-state index contributed by atoms with van der Waals surface area (Å²) in [6, 6.07) is 7.64. The van der Waals surface area contributed by atoms with Crippen LogP contribution in [0.5, 0.6) is 5.75 Å². The Morgan fingerprint density at radius 2 is 1.97 bits per heavy atom. The third kappa shape index (κ3) is 6.79. The van der Waals surface area contributed by atoms with Crippen LogP contribution in [0.2, 0.25) is 0 Å². The third-order valence-electron chi connectivity index (χ3n) is 4.87. The van der Waals surface area contributed by atoms with Crippen LogP contribution in [0.3, 0.4) is 0 Å². The number of morpholine rings is 1. The summed E-state index contributed by atoms with van der Waals surface area (Å²) in [5.41, 5.74) is 0.510. The largest absolute Gasteiger partial charge is 0.573 e. The molecular weight excluding hydrogens is 477 g/mol. The number of halogens is 3. The van der Waals surface area contributed by atoms with E-state index in [4.69, 9.17) is 4.74 Å². The number of hydrogen-bond acceptors (Lipinski definition) is 8. The minimum atomic E-state index is -4.77. The van der Waals surface area contributed by atoms with E-state index in [1.807, 2.05) is 12.1 Å². The number of thioether (sulfide) groups is 1. The molecule has 12 heteroatoms. The van der Waals surface area contributed by atoms with Crippen LogP contribution in [0, 0.1) is 0 Å². The van der Waals surface area contributed by atoms with Gasteiger partial charge in [0.15, 0.2) is 5.13 Å². The van der Waals surface area contributed by atoms with Gasteiger partial charge in [0.2, 0.25) is 5.91 Å². The number of alkyl halides is 3. The Bertz CT molecular complexity index is 1080. The number of carbonyl (C=O) groups excluding carboxylic acids is 1. The van der Waals surface area contributed by atoms with Gasteiger partial charge in [-0.2, -0.15) is 0 Å². The van der Waals surface area contributed by atoms with Crippen molar-refractivity contribution in [3.8, 4) is 5.75 Å². The summed E-state index contributed by atoms with van der Waals surface area (Å²) in [6.45, 7) is 3.93. The van der Waals surface area contributed by atoms with Gasteiger partial charge in [0, 0.05) is 49.5 Å². The molecule has 0 radical (unpaired) electrons. The fraction of sp³-hybridized carbons (Fsp3) is 0.381. The van der Waals surface area contributed by atoms with Crippen molar-refractivity contribution in [2.24, 2.45) is 0 Å². The van der Waals surface area contributed by atoms with Gasteiger partial charge in [-0.05, 0) is 24.3 Å². The molecule has 1 fully saturated rings. The highest BCUT2D eigenvalue weighted by molar-refractivity contribution is 8.00. The maximum Gasteiger partial charge on any atom is 0.573 e. The molecule has 0 N–H and O–H groups in total. The first-order valence-electron chi connectivity index (χ1n) is 10.2. The second-order valence-corrected chi connectivity index (χ2v) is 9.20. The summed E-state index contributed by atoms with van der Waals surface area (Å²) < 4.78 is 47.6. The molecule has 4 rings (SSSR count). The molecule has 0 unspecified atom stereocenters. The van der Waals surface area contributed by atoms with E-state index in [1.165, 1.54) is 41.3 Å². The first-order valence-corrected chi connectivity index (χ1v) is 12.0. The van der Waals surface area contributed by atoms with Gasteiger partial charge in [0.05, 0.1) is 29.2 Å². The number of amides is 1. The van der Waals surface area contributed by atoms with Crippen LogP contribution in [0.1, 0.15) is 0 Å². The Balaban J connectivity index is 1.52. The average molecular weight is 499 g/mol. The Morgan fingerprint density at radius 1 is 1.21 bits per heavy atom. The van der Waals surface area contributed by atoms with Crippen molar-refractivity contribution in [1.82, 2.24) is 14.9 Å². The van der Waals surface area contributed by atoms with Crippen molar-refractivity contribution >= 4 is 44.4 Å². The Hall–Kier alpha value is -2.41. The zero-order valence-electron chi connectivity index (χ0n) is 17.5. The molecule has 0 saturated carbocycles. The van der Waals surface area contributed by atoms with E-state index < -0.39 is 6.36 Å². The highest BCUT2D eigenvalue weighted by atomic mass is 32.2. The first kappa shape index (κ1) is 23.7. The number of benzene rings is 1. The minimum Gasteiger partial charge on any atom is -0.406 e. The monoisotopic (exact) mass is 498 g/mol. The molecule has 176 valence electrons. The lowest BCUT2D eigenvalue weighted by molar-refractivity contribution is -0.274. The normalized spacial score (nSPS) is 15.0. The Morgan fingerprint density at radius 3 is 2.70 bits per heavy atom. The van der Waals surface area contributed by atoms with Gasteiger partial charge in [-0.25, -0.2) is 4.98 Å². The maximum atomic E-state index is 13.2. The molecule has 0 spiro atoms. The molecule has 1 amide bonds. The molecule has 3 heterocycles. The fourth-order valence-corrected chi connectivity index (χ4v) is 5.05. The molecule has 0 aliphatic carbocycles. The predicted octanol–water partition coefficient (Wildman–Crippen LogP) is 4.05. The topological polar surface area (TPSA) is 67.8 Å². The van der Waals surface area contributed by atoms with E-state index in [0.29, 0.717) is 41.7 Å². The van der Waals surface area contributed by atoms with Gasteiger partial charge in [0.25, 0.3) is 0 Å². The van der Waals surface area contributed by atoms with E-state index in [2.05, 4.69) is 19.6 Å². The molecule has 1 aliphatic rings. The third-order valence-corrected chi connectivity index (χ3v) is 6.91. The average Bonchev–Trinajstić information content (AvgIpc) is 3.21. The van der Waals surface area contributed by atoms with Crippen LogP contribution in [-0.4, -0.2) is 72.3 Å². The molecule has 3 aromatic rings. The van der Waals surface area contributed by atoms with Crippen molar-refractivity contribution in [3.05, 3.63) is 42.7 Å². The summed E-state index contributed by atoms with van der Waals surface area (Å²) in [5.74, 6) is -0.244. The number of pyridine rings is 1. The van der Waals surface area contributed by atoms with Crippen molar-refractivity contribution < 1.29 is 27.4 Å². The van der Waals surface area contributed by atoms with E-state index in [0.717, 1.165) is 18.0 Å². The molecule has 2 aromatic heterocycles. The lowest BCUT2D eigenvalue weighted by atomic mass is 10.3. The van der Waals surface area contributed by atoms with Crippen molar-refractivity contribution in [3.63, 3.8) is 0 Å². The van der Waals surface area contributed by atoms with Crippen LogP contribution in [0.15, 0.2) is 47.6 Å². The van der Waals surface area contributed by atoms with Crippen LogP contribution < -0.4 is 9.64 Å². The molecule has 33 heavy (non-hydrogen) atoms. The van der Waals surface area contributed by atoms with E-state index >= 15 is 0 Å². The Kier molecular flexibility index (Phi) is 7.68. The molecule has 0 atom stereocenters. The summed E-state index contributed by atoms with van der Waals surface area (Å²) in [4.78, 5) is 26.4. The molecule has 1 aliphatic heterocycles. The van der Waals surface area contributed by atoms with Crippen LogP contribution in [-0.2, 0) is 9.53 Å². The highest BCUT2D eigenvalue weighted by Crippen LogP contribution is 2.33. The van der Waals surface area contributed by atoms with Crippen LogP contribution >= 0.6 is 23.1 Å². The summed E-state index contributed by atoms with van der Waals surface area (Å²) >= 11 is 2.56. The fourth-order valence-electron chi connectivity index (χ4n) is 3.26. The van der Waals surface area contributed by atoms with E-state index in [1.54, 1.807) is 17.3 Å². The zero-order valence-corrected chi connectivity index (χ0v) is 19.1. The second kappa shape index (κ2) is 10.7. The second-order valence-electron chi connectivity index (χ2n) is 7.14. The molecular formula is C21H21F3N4O3S2. The van der Waals surface area contributed by atoms with Gasteiger partial charge >= 0.3 is 6.36 Å². The van der Waals surface area contributed by atoms with Crippen molar-refractivity contribution in [1.29, 1.82) is 0 Å². The zero-order chi connectivity index (χ0) is 23.3.